The molecule has 0 aliphatic carbocycles. The molecule has 1 amide bonds. The summed E-state index contributed by atoms with van der Waals surface area (Å²) in [7, 11) is 2.07. The van der Waals surface area contributed by atoms with Crippen LogP contribution in [0.15, 0.2) is 18.2 Å². The highest BCUT2D eigenvalue weighted by Gasteiger charge is 2.40. The van der Waals surface area contributed by atoms with E-state index in [1.54, 1.807) is 0 Å². The highest BCUT2D eigenvalue weighted by atomic mass is 35.5. The molecule has 182 valence electrons. The fourth-order valence-corrected chi connectivity index (χ4v) is 5.36. The maximum atomic E-state index is 14.9. The number of pyridine rings is 1. The van der Waals surface area contributed by atoms with E-state index in [2.05, 4.69) is 36.0 Å². The molecule has 10 heteroatoms. The molecule has 8 nitrogen and oxygen atoms in total. The summed E-state index contributed by atoms with van der Waals surface area (Å²) >= 11 is 6.75. The van der Waals surface area contributed by atoms with E-state index in [4.69, 9.17) is 21.3 Å². The molecule has 0 bridgehead atoms. The average Bonchev–Trinajstić information content (AvgIpc) is 2.96. The number of ether oxygens (including phenoxy) is 1. The van der Waals surface area contributed by atoms with Gasteiger partial charge in [0.2, 0.25) is 0 Å². The molecule has 0 unspecified atom stereocenters. The smallest absolute Gasteiger partial charge is 0.261 e. The van der Waals surface area contributed by atoms with Gasteiger partial charge in [0.1, 0.15) is 40.3 Å². The fourth-order valence-electron chi connectivity index (χ4n) is 5.08. The lowest BCUT2D eigenvalue weighted by atomic mass is 10.0. The molecule has 0 radical (unpaired) electrons. The molecule has 4 heterocycles. The van der Waals surface area contributed by atoms with E-state index in [0.717, 1.165) is 0 Å². The molecule has 1 aromatic carbocycles. The lowest BCUT2D eigenvalue weighted by Gasteiger charge is -2.43. The number of anilines is 1. The number of piperazine rings is 2. The number of aromatic hydroxyl groups is 1. The number of aromatic nitrogens is 1. The summed E-state index contributed by atoms with van der Waals surface area (Å²) in [6, 6.07) is 4.32. The van der Waals surface area contributed by atoms with Crippen molar-refractivity contribution in [1.29, 1.82) is 0 Å². The number of hydrogen-bond acceptors (Lipinski definition) is 7. The van der Waals surface area contributed by atoms with Crippen molar-refractivity contribution in [3.8, 4) is 22.8 Å². The van der Waals surface area contributed by atoms with Crippen molar-refractivity contribution < 1.29 is 19.0 Å². The van der Waals surface area contributed by atoms with Crippen molar-refractivity contribution in [2.24, 2.45) is 0 Å². The first-order valence-corrected chi connectivity index (χ1v) is 12.0. The second-order valence-corrected chi connectivity index (χ2v) is 9.75. The molecule has 2 fully saturated rings. The Hall–Kier alpha value is -2.62. The summed E-state index contributed by atoms with van der Waals surface area (Å²) in [6.45, 7) is 7.60. The number of phenolic OH excluding ortho intramolecular Hbond substituents is 1. The lowest BCUT2D eigenvalue weighted by Crippen LogP contribution is -2.56. The predicted octanol–water partition coefficient (Wildman–Crippen LogP) is 2.58. The molecule has 34 heavy (non-hydrogen) atoms. The van der Waals surface area contributed by atoms with Gasteiger partial charge < -0.3 is 25.0 Å². The van der Waals surface area contributed by atoms with Crippen molar-refractivity contribution in [2.75, 3.05) is 51.3 Å². The summed E-state index contributed by atoms with van der Waals surface area (Å²) in [4.78, 5) is 24.8. The van der Waals surface area contributed by atoms with E-state index >= 15 is 0 Å². The Morgan fingerprint density at radius 1 is 1.24 bits per heavy atom. The van der Waals surface area contributed by atoms with Crippen molar-refractivity contribution in [3.05, 3.63) is 34.6 Å². The van der Waals surface area contributed by atoms with Crippen LogP contribution >= 0.6 is 11.6 Å². The summed E-state index contributed by atoms with van der Waals surface area (Å²) in [5.41, 5.74) is 0.264. The van der Waals surface area contributed by atoms with E-state index in [1.807, 2.05) is 4.90 Å². The number of hydrogen-bond donors (Lipinski definition) is 2. The van der Waals surface area contributed by atoms with Gasteiger partial charge in [-0.3, -0.25) is 9.69 Å². The van der Waals surface area contributed by atoms with Crippen LogP contribution in [-0.4, -0.2) is 90.3 Å². The molecule has 0 saturated carbocycles. The maximum absolute atomic E-state index is 14.9. The third-order valence-electron chi connectivity index (χ3n) is 7.21. The normalized spacial score (nSPS) is 25.4. The van der Waals surface area contributed by atoms with Crippen LogP contribution in [0.3, 0.4) is 0 Å². The molecule has 1 aromatic heterocycles. The summed E-state index contributed by atoms with van der Waals surface area (Å²) in [5.74, 6) is -0.508. The Bertz CT molecular complexity index is 1100. The largest absolute Gasteiger partial charge is 0.507 e. The fraction of sp³-hybridized carbons (Fsp3) is 0.500. The van der Waals surface area contributed by atoms with Crippen LogP contribution in [0.5, 0.6) is 11.5 Å². The van der Waals surface area contributed by atoms with Crippen molar-refractivity contribution >= 4 is 23.3 Å². The van der Waals surface area contributed by atoms with E-state index in [-0.39, 0.29) is 58.4 Å². The SMILES string of the molecule is C[C@@H]1CN(c2nc(-c3c(O)cccc3F)c(Cl)c3c2C(=O)N2CCNC[C@@H]2CO3)C[C@H](C)N1C. The Morgan fingerprint density at radius 3 is 2.68 bits per heavy atom. The van der Waals surface area contributed by atoms with Gasteiger partial charge >= 0.3 is 0 Å². The predicted molar refractivity (Wildman–Crippen MR) is 128 cm³/mol. The van der Waals surface area contributed by atoms with Gasteiger partial charge in [0, 0.05) is 44.8 Å². The molecular weight excluding hydrogens is 461 g/mol. The first-order chi connectivity index (χ1) is 16.3. The quantitative estimate of drug-likeness (QED) is 0.671. The van der Waals surface area contributed by atoms with Gasteiger partial charge in [-0.2, -0.15) is 0 Å². The number of amides is 1. The third kappa shape index (κ3) is 3.76. The number of carbonyl (C=O) groups excluding carboxylic acids is 1. The maximum Gasteiger partial charge on any atom is 0.261 e. The van der Waals surface area contributed by atoms with Gasteiger partial charge in [0.25, 0.3) is 5.91 Å². The zero-order valence-corrected chi connectivity index (χ0v) is 20.3. The number of rotatable bonds is 2. The zero-order valence-electron chi connectivity index (χ0n) is 19.5. The molecule has 2 saturated heterocycles. The molecule has 3 atom stereocenters. The molecule has 2 N–H and O–H groups in total. The molecule has 3 aliphatic heterocycles. The average molecular weight is 490 g/mol. The standard InChI is InChI=1S/C24H29ClFN5O3/c1-13-10-30(11-14(2)29(13)3)23-19-22(34-12-15-9-27-7-8-31(15)24(19)33)20(25)21(28-23)18-16(26)5-4-6-17(18)32/h4-6,13-15,27,32H,7-12H2,1-3H3/t13-,14+,15-/m1/s1. The van der Waals surface area contributed by atoms with Gasteiger partial charge in [0.15, 0.2) is 5.75 Å². The van der Waals surface area contributed by atoms with E-state index in [9.17, 15) is 14.3 Å². The number of halogens is 2. The minimum Gasteiger partial charge on any atom is -0.507 e. The van der Waals surface area contributed by atoms with Crippen LogP contribution in [0, 0.1) is 5.82 Å². The highest BCUT2D eigenvalue weighted by molar-refractivity contribution is 6.35. The minimum atomic E-state index is -0.651. The minimum absolute atomic E-state index is 0.0236. The number of fused-ring (bicyclic) bond motifs is 2. The summed E-state index contributed by atoms with van der Waals surface area (Å²) in [5, 5.41) is 13.8. The van der Waals surface area contributed by atoms with Gasteiger partial charge in [0.05, 0.1) is 11.6 Å². The molecule has 0 spiro atoms. The Labute approximate surface area is 203 Å². The molecular formula is C24H29ClFN5O3. The van der Waals surface area contributed by atoms with Gasteiger partial charge in [-0.1, -0.05) is 17.7 Å². The van der Waals surface area contributed by atoms with Crippen molar-refractivity contribution in [2.45, 2.75) is 32.0 Å². The van der Waals surface area contributed by atoms with Gasteiger partial charge in [-0.15, -0.1) is 0 Å². The molecule has 3 aliphatic rings. The molecule has 2 aromatic rings. The lowest BCUT2D eigenvalue weighted by molar-refractivity contribution is 0.0606. The van der Waals surface area contributed by atoms with Crippen LogP contribution in [-0.2, 0) is 0 Å². The monoisotopic (exact) mass is 489 g/mol. The Kier molecular flexibility index (Phi) is 6.03. The first kappa shape index (κ1) is 23.1. The van der Waals surface area contributed by atoms with Gasteiger partial charge in [-0.25, -0.2) is 9.37 Å². The first-order valence-electron chi connectivity index (χ1n) is 11.6. The van der Waals surface area contributed by atoms with E-state index in [0.29, 0.717) is 44.1 Å². The van der Waals surface area contributed by atoms with E-state index < -0.39 is 5.82 Å². The number of phenols is 1. The zero-order chi connectivity index (χ0) is 24.1. The Balaban J connectivity index is 1.73. The van der Waals surface area contributed by atoms with Crippen molar-refractivity contribution in [3.63, 3.8) is 0 Å². The second kappa shape index (κ2) is 8.87. The van der Waals surface area contributed by atoms with Crippen molar-refractivity contribution in [1.82, 2.24) is 20.1 Å². The highest BCUT2D eigenvalue weighted by Crippen LogP contribution is 2.46. The topological polar surface area (TPSA) is 81.2 Å². The van der Waals surface area contributed by atoms with Crippen LogP contribution in [0.2, 0.25) is 5.02 Å². The second-order valence-electron chi connectivity index (χ2n) is 9.37. The van der Waals surface area contributed by atoms with Crippen LogP contribution in [0.25, 0.3) is 11.3 Å². The number of nitrogens with one attached hydrogen (secondary N) is 1. The molecule has 5 rings (SSSR count). The Morgan fingerprint density at radius 2 is 1.97 bits per heavy atom. The number of benzene rings is 1. The summed E-state index contributed by atoms with van der Waals surface area (Å²) in [6.07, 6.45) is 0. The van der Waals surface area contributed by atoms with Crippen LogP contribution < -0.4 is 15.0 Å². The number of likely N-dealkylation sites (N-methyl/N-ethyl adjacent to an activating group) is 1. The van der Waals surface area contributed by atoms with Gasteiger partial charge in [-0.05, 0) is 33.0 Å². The van der Waals surface area contributed by atoms with E-state index in [1.165, 1.54) is 18.2 Å². The van der Waals surface area contributed by atoms with Crippen LogP contribution in [0.4, 0.5) is 10.2 Å². The third-order valence-corrected chi connectivity index (χ3v) is 7.56. The van der Waals surface area contributed by atoms with Crippen LogP contribution in [0.1, 0.15) is 24.2 Å². The number of nitrogens with zero attached hydrogens (tertiary/aromatic N) is 4. The number of carbonyl (C=O) groups is 1. The summed E-state index contributed by atoms with van der Waals surface area (Å²) < 4.78 is 21.0.